The van der Waals surface area contributed by atoms with E-state index in [0.29, 0.717) is 10.9 Å². The number of rotatable bonds is 7. The largest absolute Gasteiger partial charge is 0.483 e. The topological polar surface area (TPSA) is 63.7 Å². The Labute approximate surface area is 186 Å². The first-order valence-corrected chi connectivity index (χ1v) is 10.5. The Kier molecular flexibility index (Phi) is 8.21. The lowest BCUT2D eigenvalue weighted by Gasteiger charge is -2.25. The third-order valence-electron chi connectivity index (χ3n) is 4.62. The van der Waals surface area contributed by atoms with Crippen LogP contribution in [0.3, 0.4) is 0 Å². The Morgan fingerprint density at radius 1 is 1.10 bits per heavy atom. The summed E-state index contributed by atoms with van der Waals surface area (Å²) in [5.74, 6) is 0.459. The fourth-order valence-corrected chi connectivity index (χ4v) is 3.89. The quantitative estimate of drug-likeness (QED) is 0.593. The van der Waals surface area contributed by atoms with Crippen molar-refractivity contribution in [1.29, 1.82) is 0 Å². The minimum absolute atomic E-state index is 0. The molecule has 1 amide bonds. The predicted molar refractivity (Wildman–Crippen MR) is 121 cm³/mol. The number of ether oxygens (including phenoxy) is 2. The van der Waals surface area contributed by atoms with Crippen LogP contribution in [0.1, 0.15) is 5.69 Å². The van der Waals surface area contributed by atoms with E-state index in [4.69, 9.17) is 9.47 Å². The summed E-state index contributed by atoms with van der Waals surface area (Å²) in [4.78, 5) is 19.1. The number of carbonyl (C=O) groups is 1. The number of amides is 1. The van der Waals surface area contributed by atoms with Gasteiger partial charge in [0.2, 0.25) is 0 Å². The van der Waals surface area contributed by atoms with E-state index < -0.39 is 0 Å². The SMILES string of the molecule is Cl.O=C(COc1ccccc1-c1ccccc1)Nc1nc(CN2CCOCC2)cs1. The highest BCUT2D eigenvalue weighted by Gasteiger charge is 2.14. The van der Waals surface area contributed by atoms with Crippen LogP contribution < -0.4 is 10.1 Å². The maximum Gasteiger partial charge on any atom is 0.264 e. The number of aromatic nitrogens is 1. The molecule has 8 heteroatoms. The van der Waals surface area contributed by atoms with Gasteiger partial charge in [0.1, 0.15) is 5.75 Å². The summed E-state index contributed by atoms with van der Waals surface area (Å²) in [6.07, 6.45) is 0. The molecule has 2 heterocycles. The number of benzene rings is 2. The molecule has 1 saturated heterocycles. The van der Waals surface area contributed by atoms with Crippen molar-refractivity contribution in [3.05, 3.63) is 65.7 Å². The molecule has 0 unspecified atom stereocenters. The zero-order valence-corrected chi connectivity index (χ0v) is 18.1. The van der Waals surface area contributed by atoms with Gasteiger partial charge >= 0.3 is 0 Å². The smallest absolute Gasteiger partial charge is 0.264 e. The molecule has 1 aliphatic rings. The number of halogens is 1. The van der Waals surface area contributed by atoms with E-state index in [-0.39, 0.29) is 24.9 Å². The van der Waals surface area contributed by atoms with E-state index in [1.807, 2.05) is 60.0 Å². The Morgan fingerprint density at radius 2 is 1.83 bits per heavy atom. The summed E-state index contributed by atoms with van der Waals surface area (Å²) in [7, 11) is 0. The van der Waals surface area contributed by atoms with Crippen molar-refractivity contribution in [2.75, 3.05) is 38.2 Å². The number of para-hydroxylation sites is 1. The highest BCUT2D eigenvalue weighted by Crippen LogP contribution is 2.29. The van der Waals surface area contributed by atoms with Crippen LogP contribution in [0.4, 0.5) is 5.13 Å². The average molecular weight is 446 g/mol. The molecule has 0 radical (unpaired) electrons. The highest BCUT2D eigenvalue weighted by molar-refractivity contribution is 7.13. The summed E-state index contributed by atoms with van der Waals surface area (Å²) in [6, 6.07) is 17.7. The summed E-state index contributed by atoms with van der Waals surface area (Å²) in [5, 5.41) is 5.41. The molecular formula is C22H24ClN3O3S. The number of nitrogens with one attached hydrogen (secondary N) is 1. The van der Waals surface area contributed by atoms with E-state index in [1.54, 1.807) is 0 Å². The maximum absolute atomic E-state index is 12.3. The first-order valence-electron chi connectivity index (χ1n) is 9.59. The monoisotopic (exact) mass is 445 g/mol. The molecule has 0 aliphatic carbocycles. The minimum atomic E-state index is -0.222. The van der Waals surface area contributed by atoms with Crippen LogP contribution in [0.5, 0.6) is 5.75 Å². The van der Waals surface area contributed by atoms with Gasteiger partial charge in [-0.2, -0.15) is 0 Å². The summed E-state index contributed by atoms with van der Waals surface area (Å²) in [6.45, 7) is 4.05. The Balaban J connectivity index is 0.00000256. The van der Waals surface area contributed by atoms with Gasteiger partial charge in [0.25, 0.3) is 5.91 Å². The number of carbonyl (C=O) groups excluding carboxylic acids is 1. The summed E-state index contributed by atoms with van der Waals surface area (Å²) in [5.41, 5.74) is 2.97. The number of hydrogen-bond acceptors (Lipinski definition) is 6. The van der Waals surface area contributed by atoms with Gasteiger partial charge < -0.3 is 9.47 Å². The van der Waals surface area contributed by atoms with Crippen LogP contribution >= 0.6 is 23.7 Å². The Hall–Kier alpha value is -2.45. The first-order chi connectivity index (χ1) is 14.3. The summed E-state index contributed by atoms with van der Waals surface area (Å²) >= 11 is 1.43. The van der Waals surface area contributed by atoms with Crippen LogP contribution in [-0.2, 0) is 16.1 Å². The van der Waals surface area contributed by atoms with Gasteiger partial charge in [0.05, 0.1) is 18.9 Å². The van der Waals surface area contributed by atoms with E-state index in [9.17, 15) is 4.79 Å². The van der Waals surface area contributed by atoms with Gasteiger partial charge in [0.15, 0.2) is 11.7 Å². The van der Waals surface area contributed by atoms with Crippen LogP contribution in [0.2, 0.25) is 0 Å². The van der Waals surface area contributed by atoms with Gasteiger partial charge in [-0.1, -0.05) is 48.5 Å². The van der Waals surface area contributed by atoms with Crippen molar-refractivity contribution in [3.63, 3.8) is 0 Å². The van der Waals surface area contributed by atoms with Gasteiger partial charge in [-0.25, -0.2) is 4.98 Å². The molecule has 1 aromatic heterocycles. The molecule has 30 heavy (non-hydrogen) atoms. The molecule has 158 valence electrons. The standard InChI is InChI=1S/C22H23N3O3S.ClH/c26-21(24-22-23-18(16-29-22)14-25-10-12-27-13-11-25)15-28-20-9-5-4-8-19(20)17-6-2-1-3-7-17;/h1-9,16H,10-15H2,(H,23,24,26);1H. The molecule has 1 aliphatic heterocycles. The molecule has 2 aromatic carbocycles. The normalized spacial score (nSPS) is 14.0. The van der Waals surface area contributed by atoms with Crippen molar-refractivity contribution in [2.24, 2.45) is 0 Å². The van der Waals surface area contributed by atoms with Crippen molar-refractivity contribution < 1.29 is 14.3 Å². The number of anilines is 1. The zero-order valence-electron chi connectivity index (χ0n) is 16.5. The fourth-order valence-electron chi connectivity index (χ4n) is 3.17. The molecule has 1 fully saturated rings. The van der Waals surface area contributed by atoms with Crippen molar-refractivity contribution >= 4 is 34.8 Å². The summed E-state index contributed by atoms with van der Waals surface area (Å²) < 4.78 is 11.2. The zero-order chi connectivity index (χ0) is 19.9. The highest BCUT2D eigenvalue weighted by atomic mass is 35.5. The molecule has 4 rings (SSSR count). The molecule has 1 N–H and O–H groups in total. The second-order valence-corrected chi connectivity index (χ2v) is 7.59. The van der Waals surface area contributed by atoms with Gasteiger partial charge in [0, 0.05) is 30.6 Å². The van der Waals surface area contributed by atoms with Gasteiger partial charge in [-0.05, 0) is 11.6 Å². The van der Waals surface area contributed by atoms with E-state index in [1.165, 1.54) is 11.3 Å². The Morgan fingerprint density at radius 3 is 2.63 bits per heavy atom. The lowest BCUT2D eigenvalue weighted by molar-refractivity contribution is -0.118. The van der Waals surface area contributed by atoms with E-state index >= 15 is 0 Å². The number of nitrogens with zero attached hydrogens (tertiary/aromatic N) is 2. The van der Waals surface area contributed by atoms with E-state index in [2.05, 4.69) is 15.2 Å². The molecule has 0 spiro atoms. The predicted octanol–water partition coefficient (Wildman–Crippen LogP) is 4.08. The minimum Gasteiger partial charge on any atom is -0.483 e. The van der Waals surface area contributed by atoms with Gasteiger partial charge in [-0.15, -0.1) is 23.7 Å². The second kappa shape index (κ2) is 11.1. The maximum atomic E-state index is 12.3. The van der Waals surface area contributed by atoms with Crippen molar-refractivity contribution in [1.82, 2.24) is 9.88 Å². The Bertz CT molecular complexity index is 946. The van der Waals surface area contributed by atoms with Gasteiger partial charge in [-0.3, -0.25) is 15.0 Å². The third kappa shape index (κ3) is 6.03. The average Bonchev–Trinajstić information content (AvgIpc) is 3.20. The second-order valence-electron chi connectivity index (χ2n) is 6.73. The molecule has 0 atom stereocenters. The van der Waals surface area contributed by atoms with Crippen LogP contribution in [0, 0.1) is 0 Å². The molecule has 0 bridgehead atoms. The van der Waals surface area contributed by atoms with Crippen molar-refractivity contribution in [3.8, 4) is 16.9 Å². The van der Waals surface area contributed by atoms with Crippen LogP contribution in [0.25, 0.3) is 11.1 Å². The fraction of sp³-hybridized carbons (Fsp3) is 0.273. The lowest BCUT2D eigenvalue weighted by Crippen LogP contribution is -2.35. The molecule has 3 aromatic rings. The van der Waals surface area contributed by atoms with Crippen molar-refractivity contribution in [2.45, 2.75) is 6.54 Å². The first kappa shape index (κ1) is 22.2. The lowest BCUT2D eigenvalue weighted by atomic mass is 10.1. The van der Waals surface area contributed by atoms with E-state index in [0.717, 1.165) is 49.7 Å². The molecule has 0 saturated carbocycles. The number of morpholine rings is 1. The van der Waals surface area contributed by atoms with Crippen LogP contribution in [0.15, 0.2) is 60.0 Å². The molecule has 6 nitrogen and oxygen atoms in total. The number of thiazole rings is 1. The number of hydrogen-bond donors (Lipinski definition) is 1. The third-order valence-corrected chi connectivity index (χ3v) is 5.42. The molecular weight excluding hydrogens is 422 g/mol. The van der Waals surface area contributed by atoms with Crippen LogP contribution in [-0.4, -0.2) is 48.7 Å².